The van der Waals surface area contributed by atoms with E-state index < -0.39 is 5.97 Å². The van der Waals surface area contributed by atoms with Crippen molar-refractivity contribution in [3.05, 3.63) is 76.1 Å². The lowest BCUT2D eigenvalue weighted by Crippen LogP contribution is -2.29. The fourth-order valence-electron chi connectivity index (χ4n) is 4.04. The van der Waals surface area contributed by atoms with Crippen molar-refractivity contribution in [3.8, 4) is 5.69 Å². The van der Waals surface area contributed by atoms with Gasteiger partial charge in [-0.3, -0.25) is 4.79 Å². The SMILES string of the molecule is COC(=O)c1ccc(NC(=O)c2cnn(-c3cccc(Cl)c3C)c2C2CCNCC2)cc1. The number of rotatable bonds is 5. The van der Waals surface area contributed by atoms with Crippen molar-refractivity contribution in [3.63, 3.8) is 0 Å². The molecule has 4 rings (SSSR count). The second-order valence-electron chi connectivity index (χ2n) is 7.79. The molecule has 8 heteroatoms. The van der Waals surface area contributed by atoms with Gasteiger partial charge in [-0.25, -0.2) is 9.48 Å². The predicted molar refractivity (Wildman–Crippen MR) is 124 cm³/mol. The first-order valence-corrected chi connectivity index (χ1v) is 10.9. The number of benzene rings is 2. The Kier molecular flexibility index (Phi) is 6.58. The molecule has 2 aromatic carbocycles. The van der Waals surface area contributed by atoms with Crippen LogP contribution in [-0.4, -0.2) is 41.9 Å². The van der Waals surface area contributed by atoms with Gasteiger partial charge >= 0.3 is 5.97 Å². The van der Waals surface area contributed by atoms with E-state index in [9.17, 15) is 9.59 Å². The molecule has 0 atom stereocenters. The van der Waals surface area contributed by atoms with Crippen molar-refractivity contribution in [1.29, 1.82) is 0 Å². The number of esters is 1. The molecule has 1 amide bonds. The number of aromatic nitrogens is 2. The lowest BCUT2D eigenvalue weighted by Gasteiger charge is -2.25. The van der Waals surface area contributed by atoms with Gasteiger partial charge in [0.15, 0.2) is 0 Å². The van der Waals surface area contributed by atoms with Gasteiger partial charge in [0.1, 0.15) is 0 Å². The molecule has 0 radical (unpaired) electrons. The average molecular weight is 453 g/mol. The number of anilines is 1. The number of amides is 1. The molecule has 7 nitrogen and oxygen atoms in total. The molecule has 0 unspecified atom stereocenters. The molecule has 1 fully saturated rings. The third kappa shape index (κ3) is 4.40. The summed E-state index contributed by atoms with van der Waals surface area (Å²) < 4.78 is 6.57. The molecule has 3 aromatic rings. The Bertz CT molecular complexity index is 1130. The molecule has 0 bridgehead atoms. The van der Waals surface area contributed by atoms with Gasteiger partial charge in [0, 0.05) is 16.6 Å². The Labute approximate surface area is 191 Å². The van der Waals surface area contributed by atoms with Gasteiger partial charge in [-0.2, -0.15) is 5.10 Å². The van der Waals surface area contributed by atoms with Gasteiger partial charge in [0.25, 0.3) is 5.91 Å². The number of nitrogens with zero attached hydrogens (tertiary/aromatic N) is 2. The molecule has 0 saturated carbocycles. The number of carbonyl (C=O) groups excluding carboxylic acids is 2. The number of ether oxygens (including phenoxy) is 1. The van der Waals surface area contributed by atoms with Crippen LogP contribution in [0.1, 0.15) is 50.7 Å². The highest BCUT2D eigenvalue weighted by atomic mass is 35.5. The average Bonchev–Trinajstić information content (AvgIpc) is 3.26. The van der Waals surface area contributed by atoms with Crippen LogP contribution in [0.4, 0.5) is 5.69 Å². The largest absolute Gasteiger partial charge is 0.465 e. The van der Waals surface area contributed by atoms with E-state index in [-0.39, 0.29) is 11.8 Å². The minimum Gasteiger partial charge on any atom is -0.465 e. The van der Waals surface area contributed by atoms with Gasteiger partial charge in [-0.15, -0.1) is 0 Å². The van der Waals surface area contributed by atoms with E-state index in [0.717, 1.165) is 42.9 Å². The van der Waals surface area contributed by atoms with E-state index in [0.29, 0.717) is 21.8 Å². The van der Waals surface area contributed by atoms with Crippen LogP contribution < -0.4 is 10.6 Å². The summed E-state index contributed by atoms with van der Waals surface area (Å²) >= 11 is 6.36. The molecule has 1 aliphatic rings. The second kappa shape index (κ2) is 9.54. The van der Waals surface area contributed by atoms with Crippen LogP contribution in [0, 0.1) is 6.92 Å². The zero-order valence-corrected chi connectivity index (χ0v) is 18.8. The quantitative estimate of drug-likeness (QED) is 0.562. The lowest BCUT2D eigenvalue weighted by molar-refractivity contribution is 0.0600. The van der Waals surface area contributed by atoms with Gasteiger partial charge < -0.3 is 15.4 Å². The predicted octanol–water partition coefficient (Wildman–Crippen LogP) is 4.34. The number of carbonyl (C=O) groups is 2. The molecule has 2 N–H and O–H groups in total. The first-order chi connectivity index (χ1) is 15.5. The maximum absolute atomic E-state index is 13.3. The smallest absolute Gasteiger partial charge is 0.337 e. The molecule has 32 heavy (non-hydrogen) atoms. The van der Waals surface area contributed by atoms with Crippen LogP contribution in [0.3, 0.4) is 0 Å². The molecular weight excluding hydrogens is 428 g/mol. The highest BCUT2D eigenvalue weighted by Gasteiger charge is 2.27. The van der Waals surface area contributed by atoms with Crippen molar-refractivity contribution in [2.75, 3.05) is 25.5 Å². The number of methoxy groups -OCH3 is 1. The normalized spacial score (nSPS) is 14.2. The van der Waals surface area contributed by atoms with Crippen LogP contribution in [0.2, 0.25) is 5.02 Å². The summed E-state index contributed by atoms with van der Waals surface area (Å²) in [5, 5.41) is 11.6. The minimum absolute atomic E-state index is 0.194. The Morgan fingerprint density at radius 1 is 1.16 bits per heavy atom. The van der Waals surface area contributed by atoms with Crippen LogP contribution in [0.5, 0.6) is 0 Å². The summed E-state index contributed by atoms with van der Waals surface area (Å²) in [5.41, 5.74) is 4.22. The van der Waals surface area contributed by atoms with Crippen molar-refractivity contribution in [1.82, 2.24) is 15.1 Å². The highest BCUT2D eigenvalue weighted by molar-refractivity contribution is 6.31. The van der Waals surface area contributed by atoms with E-state index in [1.54, 1.807) is 30.5 Å². The highest BCUT2D eigenvalue weighted by Crippen LogP contribution is 2.32. The van der Waals surface area contributed by atoms with Crippen molar-refractivity contribution >= 4 is 29.2 Å². The number of halogens is 1. The monoisotopic (exact) mass is 452 g/mol. The number of hydrogen-bond donors (Lipinski definition) is 2. The van der Waals surface area contributed by atoms with Gasteiger partial charge in [0.2, 0.25) is 0 Å². The number of piperidine rings is 1. The molecule has 1 aromatic heterocycles. The third-order valence-electron chi connectivity index (χ3n) is 5.81. The van der Waals surface area contributed by atoms with E-state index in [1.807, 2.05) is 29.8 Å². The molecular formula is C24H25ClN4O3. The van der Waals surface area contributed by atoms with Crippen molar-refractivity contribution in [2.24, 2.45) is 0 Å². The van der Waals surface area contributed by atoms with Crippen molar-refractivity contribution in [2.45, 2.75) is 25.7 Å². The maximum Gasteiger partial charge on any atom is 0.337 e. The second-order valence-corrected chi connectivity index (χ2v) is 8.19. The van der Waals surface area contributed by atoms with Crippen LogP contribution in [0.15, 0.2) is 48.7 Å². The van der Waals surface area contributed by atoms with Crippen LogP contribution in [-0.2, 0) is 4.74 Å². The Hall–Kier alpha value is -3.16. The van der Waals surface area contributed by atoms with E-state index in [2.05, 4.69) is 15.7 Å². The summed E-state index contributed by atoms with van der Waals surface area (Å²) in [5.74, 6) is -0.468. The molecule has 2 heterocycles. The van der Waals surface area contributed by atoms with Gasteiger partial charge in [-0.05, 0) is 74.8 Å². The summed E-state index contributed by atoms with van der Waals surface area (Å²) in [6.07, 6.45) is 3.45. The first kappa shape index (κ1) is 22.0. The summed E-state index contributed by atoms with van der Waals surface area (Å²) in [6.45, 7) is 3.73. The van der Waals surface area contributed by atoms with E-state index >= 15 is 0 Å². The summed E-state index contributed by atoms with van der Waals surface area (Å²) in [6, 6.07) is 12.3. The van der Waals surface area contributed by atoms with Crippen LogP contribution in [0.25, 0.3) is 5.69 Å². The molecule has 166 valence electrons. The zero-order chi connectivity index (χ0) is 22.7. The maximum atomic E-state index is 13.3. The van der Waals surface area contributed by atoms with Crippen LogP contribution >= 0.6 is 11.6 Å². The zero-order valence-electron chi connectivity index (χ0n) is 18.0. The van der Waals surface area contributed by atoms with E-state index in [1.165, 1.54) is 7.11 Å². The molecule has 1 saturated heterocycles. The number of hydrogen-bond acceptors (Lipinski definition) is 5. The van der Waals surface area contributed by atoms with Crippen molar-refractivity contribution < 1.29 is 14.3 Å². The summed E-state index contributed by atoms with van der Waals surface area (Å²) in [7, 11) is 1.33. The molecule has 0 aliphatic carbocycles. The number of nitrogens with one attached hydrogen (secondary N) is 2. The van der Waals surface area contributed by atoms with Gasteiger partial charge in [0.05, 0.1) is 35.8 Å². The molecule has 0 spiro atoms. The third-order valence-corrected chi connectivity index (χ3v) is 6.22. The lowest BCUT2D eigenvalue weighted by atomic mass is 9.91. The Balaban J connectivity index is 1.68. The Morgan fingerprint density at radius 2 is 1.88 bits per heavy atom. The minimum atomic E-state index is -0.422. The first-order valence-electron chi connectivity index (χ1n) is 10.5. The Morgan fingerprint density at radius 3 is 2.56 bits per heavy atom. The molecule has 1 aliphatic heterocycles. The topological polar surface area (TPSA) is 85.2 Å². The fraction of sp³-hybridized carbons (Fsp3) is 0.292. The summed E-state index contributed by atoms with van der Waals surface area (Å²) in [4.78, 5) is 24.9. The standard InChI is InChI=1S/C24H25ClN4O3/c1-15-20(25)4-3-5-21(15)29-22(16-10-12-26-13-11-16)19(14-27-29)23(30)28-18-8-6-17(7-9-18)24(31)32-2/h3-9,14,16,26H,10-13H2,1-2H3,(H,28,30). The van der Waals surface area contributed by atoms with Gasteiger partial charge in [-0.1, -0.05) is 17.7 Å². The van der Waals surface area contributed by atoms with E-state index in [4.69, 9.17) is 16.3 Å². The fourth-order valence-corrected chi connectivity index (χ4v) is 4.21.